The first-order chi connectivity index (χ1) is 10.0. The highest BCUT2D eigenvalue weighted by Crippen LogP contribution is 2.32. The fourth-order valence-electron chi connectivity index (χ4n) is 2.17. The van der Waals surface area contributed by atoms with Gasteiger partial charge in [0, 0.05) is 25.0 Å². The number of benzene rings is 1. The van der Waals surface area contributed by atoms with Crippen molar-refractivity contribution in [3.8, 4) is 0 Å². The highest BCUT2D eigenvalue weighted by atomic mass is 32.1. The minimum absolute atomic E-state index is 0.208. The van der Waals surface area contributed by atoms with Gasteiger partial charge < -0.3 is 10.6 Å². The highest BCUT2D eigenvalue weighted by Gasteiger charge is 2.17. The van der Waals surface area contributed by atoms with Gasteiger partial charge in [0.2, 0.25) is 0 Å². The molecule has 1 unspecified atom stereocenters. The van der Waals surface area contributed by atoms with Crippen LogP contribution in [0.5, 0.6) is 0 Å². The quantitative estimate of drug-likeness (QED) is 0.880. The Hall–Kier alpha value is -1.46. The van der Waals surface area contributed by atoms with Gasteiger partial charge in [-0.2, -0.15) is 0 Å². The van der Waals surface area contributed by atoms with E-state index >= 15 is 0 Å². The first-order valence-electron chi connectivity index (χ1n) is 7.20. The maximum Gasteiger partial charge on any atom is 0.185 e. The van der Waals surface area contributed by atoms with E-state index in [4.69, 9.17) is 10.7 Å². The van der Waals surface area contributed by atoms with E-state index in [1.165, 1.54) is 12.1 Å². The minimum atomic E-state index is -0.208. The average Bonchev–Trinajstić information content (AvgIpc) is 2.93. The van der Waals surface area contributed by atoms with Gasteiger partial charge >= 0.3 is 0 Å². The maximum absolute atomic E-state index is 12.9. The Kier molecular flexibility index (Phi) is 5.31. The predicted molar refractivity (Wildman–Crippen MR) is 87.2 cm³/mol. The largest absolute Gasteiger partial charge is 0.347 e. The van der Waals surface area contributed by atoms with Crippen LogP contribution in [-0.4, -0.2) is 12.0 Å². The SMILES string of the molecule is CCC(C)c1nc(N(C)Cc2ccc(F)cc2)sc1CN. The van der Waals surface area contributed by atoms with Crippen molar-refractivity contribution in [3.05, 3.63) is 46.2 Å². The molecule has 1 atom stereocenters. The second-order valence-corrected chi connectivity index (χ2v) is 6.36. The van der Waals surface area contributed by atoms with Crippen molar-refractivity contribution in [3.63, 3.8) is 0 Å². The normalized spacial score (nSPS) is 12.4. The third kappa shape index (κ3) is 3.80. The van der Waals surface area contributed by atoms with Crippen LogP contribution in [0.4, 0.5) is 9.52 Å². The van der Waals surface area contributed by atoms with Gasteiger partial charge in [-0.05, 0) is 30.0 Å². The summed E-state index contributed by atoms with van der Waals surface area (Å²) in [7, 11) is 2.00. The molecular weight excluding hydrogens is 285 g/mol. The molecule has 1 aromatic carbocycles. The number of rotatable bonds is 6. The Morgan fingerprint density at radius 2 is 2.00 bits per heavy atom. The molecule has 0 saturated heterocycles. The van der Waals surface area contributed by atoms with Crippen molar-refractivity contribution in [2.75, 3.05) is 11.9 Å². The van der Waals surface area contributed by atoms with Gasteiger partial charge in [0.1, 0.15) is 5.82 Å². The molecule has 0 fully saturated rings. The van der Waals surface area contributed by atoms with Gasteiger partial charge in [-0.25, -0.2) is 9.37 Å². The highest BCUT2D eigenvalue weighted by molar-refractivity contribution is 7.15. The van der Waals surface area contributed by atoms with E-state index in [0.717, 1.165) is 27.7 Å². The fourth-order valence-corrected chi connectivity index (χ4v) is 3.19. The number of aromatic nitrogens is 1. The molecule has 2 N–H and O–H groups in total. The van der Waals surface area contributed by atoms with Crippen LogP contribution in [0.1, 0.15) is 42.3 Å². The Morgan fingerprint density at radius 1 is 1.33 bits per heavy atom. The molecule has 2 rings (SSSR count). The van der Waals surface area contributed by atoms with Crippen molar-refractivity contribution in [2.24, 2.45) is 5.73 Å². The third-order valence-electron chi connectivity index (χ3n) is 3.64. The summed E-state index contributed by atoms with van der Waals surface area (Å²) >= 11 is 1.65. The van der Waals surface area contributed by atoms with E-state index < -0.39 is 0 Å². The second-order valence-electron chi connectivity index (χ2n) is 5.30. The lowest BCUT2D eigenvalue weighted by molar-refractivity contribution is 0.627. The Bertz CT molecular complexity index is 580. The Balaban J connectivity index is 2.17. The van der Waals surface area contributed by atoms with Crippen molar-refractivity contribution in [1.29, 1.82) is 0 Å². The van der Waals surface area contributed by atoms with Crippen LogP contribution in [0.3, 0.4) is 0 Å². The van der Waals surface area contributed by atoms with Gasteiger partial charge in [0.05, 0.1) is 5.69 Å². The monoisotopic (exact) mass is 307 g/mol. The van der Waals surface area contributed by atoms with Gasteiger partial charge in [-0.1, -0.05) is 26.0 Å². The van der Waals surface area contributed by atoms with E-state index in [-0.39, 0.29) is 5.82 Å². The standard InChI is InChI=1S/C16H22FN3S/c1-4-11(2)15-14(9-18)21-16(19-15)20(3)10-12-5-7-13(17)8-6-12/h5-8,11H,4,9-10,18H2,1-3H3. The Morgan fingerprint density at radius 3 is 2.57 bits per heavy atom. The number of anilines is 1. The maximum atomic E-state index is 12.9. The lowest BCUT2D eigenvalue weighted by atomic mass is 10.0. The van der Waals surface area contributed by atoms with Gasteiger partial charge in [-0.3, -0.25) is 0 Å². The lowest BCUT2D eigenvalue weighted by Gasteiger charge is -2.15. The number of halogens is 1. The van der Waals surface area contributed by atoms with Gasteiger partial charge in [0.15, 0.2) is 5.13 Å². The molecular formula is C16H22FN3S. The van der Waals surface area contributed by atoms with Crippen molar-refractivity contribution in [2.45, 2.75) is 39.3 Å². The Labute approximate surface area is 129 Å². The van der Waals surface area contributed by atoms with E-state index in [9.17, 15) is 4.39 Å². The van der Waals surface area contributed by atoms with E-state index in [1.54, 1.807) is 23.5 Å². The molecule has 2 aromatic rings. The van der Waals surface area contributed by atoms with Crippen LogP contribution in [0.25, 0.3) is 0 Å². The van der Waals surface area contributed by atoms with Crippen molar-refractivity contribution >= 4 is 16.5 Å². The second kappa shape index (κ2) is 7.00. The molecule has 0 saturated carbocycles. The topological polar surface area (TPSA) is 42.2 Å². The zero-order valence-electron chi connectivity index (χ0n) is 12.8. The fraction of sp³-hybridized carbons (Fsp3) is 0.438. The number of nitrogens with two attached hydrogens (primary N) is 1. The molecule has 0 aliphatic rings. The van der Waals surface area contributed by atoms with Crippen LogP contribution in [0.15, 0.2) is 24.3 Å². The zero-order valence-corrected chi connectivity index (χ0v) is 13.6. The molecule has 0 aliphatic carbocycles. The minimum Gasteiger partial charge on any atom is -0.347 e. The summed E-state index contributed by atoms with van der Waals surface area (Å²) in [6, 6.07) is 6.58. The number of hydrogen-bond donors (Lipinski definition) is 1. The first kappa shape index (κ1) is 15.9. The summed E-state index contributed by atoms with van der Waals surface area (Å²) in [4.78, 5) is 8.00. The lowest BCUT2D eigenvalue weighted by Crippen LogP contribution is -2.16. The van der Waals surface area contributed by atoms with Crippen LogP contribution in [0.2, 0.25) is 0 Å². The van der Waals surface area contributed by atoms with Gasteiger partial charge in [0.25, 0.3) is 0 Å². The molecule has 0 bridgehead atoms. The molecule has 1 heterocycles. The molecule has 114 valence electrons. The molecule has 1 aromatic heterocycles. The molecule has 0 radical (unpaired) electrons. The van der Waals surface area contributed by atoms with E-state index in [0.29, 0.717) is 19.0 Å². The van der Waals surface area contributed by atoms with E-state index in [2.05, 4.69) is 18.7 Å². The predicted octanol–water partition coefficient (Wildman–Crippen LogP) is 3.89. The van der Waals surface area contributed by atoms with Crippen LogP contribution in [0, 0.1) is 5.82 Å². The third-order valence-corrected chi connectivity index (χ3v) is 4.85. The zero-order chi connectivity index (χ0) is 15.4. The summed E-state index contributed by atoms with van der Waals surface area (Å²) in [5.74, 6) is 0.216. The van der Waals surface area contributed by atoms with E-state index in [1.807, 2.05) is 7.05 Å². The summed E-state index contributed by atoms with van der Waals surface area (Å²) in [6.07, 6.45) is 1.05. The van der Waals surface area contributed by atoms with Crippen molar-refractivity contribution in [1.82, 2.24) is 4.98 Å². The average molecular weight is 307 g/mol. The van der Waals surface area contributed by atoms with Gasteiger partial charge in [-0.15, -0.1) is 11.3 Å². The molecule has 3 nitrogen and oxygen atoms in total. The summed E-state index contributed by atoms with van der Waals surface area (Å²) in [5, 5.41) is 0.968. The number of hydrogen-bond acceptors (Lipinski definition) is 4. The number of thiazole rings is 1. The summed E-state index contributed by atoms with van der Waals surface area (Å²) in [6.45, 7) is 5.57. The molecule has 21 heavy (non-hydrogen) atoms. The first-order valence-corrected chi connectivity index (χ1v) is 8.02. The summed E-state index contributed by atoms with van der Waals surface area (Å²) in [5.41, 5.74) is 8.02. The van der Waals surface area contributed by atoms with Crippen LogP contribution >= 0.6 is 11.3 Å². The molecule has 0 aliphatic heterocycles. The number of nitrogens with zero attached hydrogens (tertiary/aromatic N) is 2. The van der Waals surface area contributed by atoms with Crippen molar-refractivity contribution < 1.29 is 4.39 Å². The van der Waals surface area contributed by atoms with Crippen LogP contribution in [-0.2, 0) is 13.1 Å². The molecule has 5 heteroatoms. The smallest absolute Gasteiger partial charge is 0.185 e. The summed E-state index contributed by atoms with van der Waals surface area (Å²) < 4.78 is 12.9. The van der Waals surface area contributed by atoms with Crippen LogP contribution < -0.4 is 10.6 Å². The molecule has 0 amide bonds. The molecule has 0 spiro atoms.